The fourth-order valence-corrected chi connectivity index (χ4v) is 2.67. The fraction of sp³-hybridized carbons (Fsp3) is 0.0455. The molecule has 0 aliphatic carbocycles. The first-order chi connectivity index (χ1) is 14.8. The summed E-state index contributed by atoms with van der Waals surface area (Å²) >= 11 is 0. The average Bonchev–Trinajstić information content (AvgIpc) is 2.77. The lowest BCUT2D eigenvalue weighted by atomic mass is 10.1. The van der Waals surface area contributed by atoms with Gasteiger partial charge in [-0.25, -0.2) is 9.82 Å². The Kier molecular flexibility index (Phi) is 6.46. The SMILES string of the molecule is C/C(=N\NC(=O)c1cccc(NC(=O)c2ccccc2F)c1)c1ccc([N+](=O)[O-])cc1. The molecule has 2 N–H and O–H groups in total. The third kappa shape index (κ3) is 5.36. The Morgan fingerprint density at radius 3 is 2.32 bits per heavy atom. The van der Waals surface area contributed by atoms with E-state index in [9.17, 15) is 24.1 Å². The predicted molar refractivity (Wildman–Crippen MR) is 114 cm³/mol. The second-order valence-corrected chi connectivity index (χ2v) is 6.46. The van der Waals surface area contributed by atoms with Crippen LogP contribution in [0, 0.1) is 15.9 Å². The number of rotatable bonds is 6. The zero-order valence-corrected chi connectivity index (χ0v) is 16.3. The van der Waals surface area contributed by atoms with E-state index >= 15 is 0 Å². The molecular formula is C22H17FN4O4. The molecular weight excluding hydrogens is 403 g/mol. The molecule has 0 bridgehead atoms. The number of carbonyl (C=O) groups excluding carboxylic acids is 2. The molecule has 0 heterocycles. The number of carbonyl (C=O) groups is 2. The van der Waals surface area contributed by atoms with E-state index < -0.39 is 22.6 Å². The van der Waals surface area contributed by atoms with Crippen LogP contribution in [0.5, 0.6) is 0 Å². The quantitative estimate of drug-likeness (QED) is 0.354. The molecule has 0 saturated heterocycles. The van der Waals surface area contributed by atoms with Crippen molar-refractivity contribution < 1.29 is 18.9 Å². The van der Waals surface area contributed by atoms with E-state index in [4.69, 9.17) is 0 Å². The van der Waals surface area contributed by atoms with Gasteiger partial charge in [0.2, 0.25) is 0 Å². The van der Waals surface area contributed by atoms with Crippen LogP contribution in [0.2, 0.25) is 0 Å². The maximum atomic E-state index is 13.8. The van der Waals surface area contributed by atoms with Crippen molar-refractivity contribution >= 4 is 28.9 Å². The predicted octanol–water partition coefficient (Wildman–Crippen LogP) is 4.14. The minimum Gasteiger partial charge on any atom is -0.322 e. The normalized spacial score (nSPS) is 11.0. The van der Waals surface area contributed by atoms with E-state index in [0.717, 1.165) is 0 Å². The lowest BCUT2D eigenvalue weighted by molar-refractivity contribution is -0.384. The van der Waals surface area contributed by atoms with Crippen molar-refractivity contribution in [2.45, 2.75) is 6.92 Å². The zero-order valence-electron chi connectivity index (χ0n) is 16.3. The van der Waals surface area contributed by atoms with Crippen LogP contribution in [-0.4, -0.2) is 22.4 Å². The summed E-state index contributed by atoms with van der Waals surface area (Å²) in [6.07, 6.45) is 0. The highest BCUT2D eigenvalue weighted by molar-refractivity contribution is 6.05. The monoisotopic (exact) mass is 420 g/mol. The van der Waals surface area contributed by atoms with E-state index in [1.807, 2.05) is 0 Å². The molecule has 8 nitrogen and oxygen atoms in total. The number of nitrogens with one attached hydrogen (secondary N) is 2. The number of halogens is 1. The second-order valence-electron chi connectivity index (χ2n) is 6.46. The molecule has 0 saturated carbocycles. The van der Waals surface area contributed by atoms with E-state index in [-0.39, 0.29) is 16.8 Å². The largest absolute Gasteiger partial charge is 0.322 e. The molecule has 0 unspecified atom stereocenters. The number of hydrazone groups is 1. The van der Waals surface area contributed by atoms with Crippen LogP contribution in [0.4, 0.5) is 15.8 Å². The Hall–Kier alpha value is -4.40. The Labute approximate surface area is 176 Å². The van der Waals surface area contributed by atoms with Gasteiger partial charge in [0.05, 0.1) is 16.2 Å². The molecule has 2 amide bonds. The van der Waals surface area contributed by atoms with Crippen LogP contribution in [-0.2, 0) is 0 Å². The van der Waals surface area contributed by atoms with Crippen LogP contribution in [0.3, 0.4) is 0 Å². The molecule has 31 heavy (non-hydrogen) atoms. The van der Waals surface area contributed by atoms with Gasteiger partial charge in [-0.2, -0.15) is 5.10 Å². The first-order valence-corrected chi connectivity index (χ1v) is 9.10. The molecule has 0 spiro atoms. The van der Waals surface area contributed by atoms with Crippen molar-refractivity contribution in [2.24, 2.45) is 5.10 Å². The molecule has 0 radical (unpaired) electrons. The van der Waals surface area contributed by atoms with Gasteiger partial charge in [-0.1, -0.05) is 18.2 Å². The number of benzene rings is 3. The van der Waals surface area contributed by atoms with Gasteiger partial charge in [0, 0.05) is 23.4 Å². The third-order valence-corrected chi connectivity index (χ3v) is 4.32. The van der Waals surface area contributed by atoms with Crippen molar-refractivity contribution in [1.29, 1.82) is 0 Å². The summed E-state index contributed by atoms with van der Waals surface area (Å²) in [4.78, 5) is 34.9. The van der Waals surface area contributed by atoms with E-state index in [2.05, 4.69) is 15.8 Å². The molecule has 0 aliphatic heterocycles. The number of amides is 2. The Bertz CT molecular complexity index is 1180. The van der Waals surface area contributed by atoms with Crippen molar-refractivity contribution in [3.05, 3.63) is 105 Å². The van der Waals surface area contributed by atoms with Crippen LogP contribution in [0.1, 0.15) is 33.2 Å². The van der Waals surface area contributed by atoms with Crippen molar-refractivity contribution in [1.82, 2.24) is 5.43 Å². The number of anilines is 1. The van der Waals surface area contributed by atoms with Crippen LogP contribution < -0.4 is 10.7 Å². The van der Waals surface area contributed by atoms with Crippen LogP contribution >= 0.6 is 0 Å². The van der Waals surface area contributed by atoms with Gasteiger partial charge in [-0.15, -0.1) is 0 Å². The van der Waals surface area contributed by atoms with Gasteiger partial charge in [0.25, 0.3) is 17.5 Å². The highest BCUT2D eigenvalue weighted by atomic mass is 19.1. The summed E-state index contributed by atoms with van der Waals surface area (Å²) in [5.41, 5.74) is 3.85. The maximum absolute atomic E-state index is 13.8. The van der Waals surface area contributed by atoms with E-state index in [1.165, 1.54) is 54.6 Å². The van der Waals surface area contributed by atoms with Gasteiger partial charge in [0.1, 0.15) is 5.82 Å². The topological polar surface area (TPSA) is 114 Å². The molecule has 3 aromatic rings. The summed E-state index contributed by atoms with van der Waals surface area (Å²) in [6.45, 7) is 1.65. The summed E-state index contributed by atoms with van der Waals surface area (Å²) in [5.74, 6) is -1.81. The minimum absolute atomic E-state index is 0.0465. The lowest BCUT2D eigenvalue weighted by Gasteiger charge is -2.08. The van der Waals surface area contributed by atoms with Gasteiger partial charge >= 0.3 is 0 Å². The van der Waals surface area contributed by atoms with E-state index in [0.29, 0.717) is 17.0 Å². The third-order valence-electron chi connectivity index (χ3n) is 4.32. The molecule has 156 valence electrons. The van der Waals surface area contributed by atoms with Gasteiger partial charge in [-0.05, 0) is 55.0 Å². The summed E-state index contributed by atoms with van der Waals surface area (Å²) in [6, 6.07) is 17.4. The second kappa shape index (κ2) is 9.40. The summed E-state index contributed by atoms with van der Waals surface area (Å²) < 4.78 is 13.8. The number of hydrogen-bond donors (Lipinski definition) is 2. The molecule has 0 aromatic heterocycles. The smallest absolute Gasteiger partial charge is 0.271 e. The zero-order chi connectivity index (χ0) is 22.4. The number of hydrogen-bond acceptors (Lipinski definition) is 5. The van der Waals surface area contributed by atoms with Crippen molar-refractivity contribution in [3.63, 3.8) is 0 Å². The highest BCUT2D eigenvalue weighted by Gasteiger charge is 2.12. The Morgan fingerprint density at radius 1 is 0.935 bits per heavy atom. The first-order valence-electron chi connectivity index (χ1n) is 9.10. The number of non-ortho nitro benzene ring substituents is 1. The average molecular weight is 420 g/mol. The number of nitro benzene ring substituents is 1. The van der Waals surface area contributed by atoms with E-state index in [1.54, 1.807) is 25.1 Å². The standard InChI is InChI=1S/C22H17FN4O4/c1-14(15-9-11-18(12-10-15)27(30)31)25-26-21(28)16-5-4-6-17(13-16)24-22(29)19-7-2-3-8-20(19)23/h2-13H,1H3,(H,24,29)(H,26,28)/b25-14+. The van der Waals surface area contributed by atoms with Crippen molar-refractivity contribution in [2.75, 3.05) is 5.32 Å². The molecule has 3 aromatic carbocycles. The molecule has 3 rings (SSSR count). The van der Waals surface area contributed by atoms with Crippen molar-refractivity contribution in [3.8, 4) is 0 Å². The van der Waals surface area contributed by atoms with Gasteiger partial charge < -0.3 is 5.32 Å². The van der Waals surface area contributed by atoms with Gasteiger partial charge in [0.15, 0.2) is 0 Å². The maximum Gasteiger partial charge on any atom is 0.271 e. The van der Waals surface area contributed by atoms with Gasteiger partial charge in [-0.3, -0.25) is 19.7 Å². The molecule has 0 fully saturated rings. The molecule has 0 aliphatic rings. The minimum atomic E-state index is -0.648. The van der Waals surface area contributed by atoms with Crippen LogP contribution in [0.25, 0.3) is 0 Å². The highest BCUT2D eigenvalue weighted by Crippen LogP contribution is 2.15. The lowest BCUT2D eigenvalue weighted by Crippen LogP contribution is -2.20. The summed E-state index contributed by atoms with van der Waals surface area (Å²) in [5, 5.41) is 17.3. The number of nitrogens with zero attached hydrogens (tertiary/aromatic N) is 2. The Balaban J connectivity index is 1.68. The molecule has 9 heteroatoms. The Morgan fingerprint density at radius 2 is 1.65 bits per heavy atom. The molecule has 0 atom stereocenters. The van der Waals surface area contributed by atoms with Crippen LogP contribution in [0.15, 0.2) is 77.9 Å². The first kappa shape index (κ1) is 21.3. The fourth-order valence-electron chi connectivity index (χ4n) is 2.67. The summed E-state index contributed by atoms with van der Waals surface area (Å²) in [7, 11) is 0. The number of nitro groups is 1.